The zero-order valence-electron chi connectivity index (χ0n) is 11.4. The third-order valence-corrected chi connectivity index (χ3v) is 3.97. The Labute approximate surface area is 126 Å². The topological polar surface area (TPSA) is 35.5 Å². The van der Waals surface area contributed by atoms with Gasteiger partial charge in [0.05, 0.1) is 12.7 Å². The maximum absolute atomic E-state index is 10.8. The van der Waals surface area contributed by atoms with E-state index in [-0.39, 0.29) is 0 Å². The Kier molecular flexibility index (Phi) is 4.79. The summed E-state index contributed by atoms with van der Waals surface area (Å²) in [7, 11) is 1.53. The maximum atomic E-state index is 10.8. The number of hydrogen-bond acceptors (Lipinski definition) is 3. The fraction of sp³-hybridized carbons (Fsp3) is 0.188. The number of ether oxygens (including phenoxy) is 2. The van der Waals surface area contributed by atoms with Gasteiger partial charge in [-0.3, -0.25) is 4.79 Å². The average molecular weight is 335 g/mol. The van der Waals surface area contributed by atoms with E-state index >= 15 is 0 Å². The molecule has 4 heteroatoms. The molecule has 0 radical (unpaired) electrons. The summed E-state index contributed by atoms with van der Waals surface area (Å²) in [5.74, 6) is 1.19. The Morgan fingerprint density at radius 1 is 1.25 bits per heavy atom. The highest BCUT2D eigenvalue weighted by atomic mass is 79.9. The van der Waals surface area contributed by atoms with E-state index < -0.39 is 0 Å². The Morgan fingerprint density at radius 3 is 2.75 bits per heavy atom. The molecule has 2 aromatic carbocycles. The number of rotatable bonds is 5. The number of hydrogen-bond donors (Lipinski definition) is 0. The highest BCUT2D eigenvalue weighted by molar-refractivity contribution is 9.10. The minimum Gasteiger partial charge on any atom is -0.496 e. The molecule has 0 heterocycles. The zero-order chi connectivity index (χ0) is 14.5. The van der Waals surface area contributed by atoms with Gasteiger partial charge in [0.2, 0.25) is 0 Å². The van der Waals surface area contributed by atoms with Crippen LogP contribution in [0.1, 0.15) is 21.5 Å². The van der Waals surface area contributed by atoms with Gasteiger partial charge in [-0.2, -0.15) is 0 Å². The van der Waals surface area contributed by atoms with E-state index in [2.05, 4.69) is 15.9 Å². The van der Waals surface area contributed by atoms with Crippen LogP contribution in [-0.4, -0.2) is 13.4 Å². The Hall–Kier alpha value is -1.81. The standard InChI is InChI=1S/C16H15BrO3/c1-11-13(4-3-5-15(11)17)10-20-14-7-6-12(9-18)16(8-14)19-2/h3-9H,10H2,1-2H3. The number of aldehydes is 1. The van der Waals surface area contributed by atoms with Crippen molar-refractivity contribution in [3.8, 4) is 11.5 Å². The molecule has 2 rings (SSSR count). The SMILES string of the molecule is COc1cc(OCc2cccc(Br)c2C)ccc1C=O. The molecule has 0 aliphatic rings. The maximum Gasteiger partial charge on any atom is 0.153 e. The van der Waals surface area contributed by atoms with Crippen LogP contribution < -0.4 is 9.47 Å². The summed E-state index contributed by atoms with van der Waals surface area (Å²) >= 11 is 3.50. The first-order valence-electron chi connectivity index (χ1n) is 6.15. The predicted octanol–water partition coefficient (Wildman–Crippen LogP) is 4.16. The van der Waals surface area contributed by atoms with Gasteiger partial charge in [0.1, 0.15) is 18.1 Å². The molecule has 0 atom stereocenters. The van der Waals surface area contributed by atoms with Crippen LogP contribution in [0.5, 0.6) is 11.5 Å². The number of carbonyl (C=O) groups is 1. The fourth-order valence-corrected chi connectivity index (χ4v) is 2.26. The van der Waals surface area contributed by atoms with Crippen LogP contribution in [0.25, 0.3) is 0 Å². The van der Waals surface area contributed by atoms with Crippen molar-refractivity contribution >= 4 is 22.2 Å². The second-order valence-corrected chi connectivity index (χ2v) is 5.19. The van der Waals surface area contributed by atoms with Gasteiger partial charge < -0.3 is 9.47 Å². The molecular formula is C16H15BrO3. The number of benzene rings is 2. The molecule has 0 bridgehead atoms. The van der Waals surface area contributed by atoms with Gasteiger partial charge in [-0.15, -0.1) is 0 Å². The van der Waals surface area contributed by atoms with E-state index in [1.165, 1.54) is 7.11 Å². The van der Waals surface area contributed by atoms with Gasteiger partial charge in [-0.05, 0) is 36.2 Å². The minimum atomic E-state index is 0.467. The van der Waals surface area contributed by atoms with E-state index in [0.717, 1.165) is 21.9 Å². The summed E-state index contributed by atoms with van der Waals surface area (Å²) in [5.41, 5.74) is 2.78. The van der Waals surface area contributed by atoms with E-state index in [1.54, 1.807) is 18.2 Å². The highest BCUT2D eigenvalue weighted by Gasteiger charge is 2.06. The first-order valence-corrected chi connectivity index (χ1v) is 6.95. The van der Waals surface area contributed by atoms with Gasteiger partial charge in [-0.25, -0.2) is 0 Å². The molecule has 0 aliphatic carbocycles. The molecule has 0 aromatic heterocycles. The zero-order valence-corrected chi connectivity index (χ0v) is 12.9. The summed E-state index contributed by atoms with van der Waals surface area (Å²) in [6.07, 6.45) is 0.765. The van der Waals surface area contributed by atoms with Crippen molar-refractivity contribution in [2.24, 2.45) is 0 Å². The number of methoxy groups -OCH3 is 1. The van der Waals surface area contributed by atoms with Crippen LogP contribution in [0, 0.1) is 6.92 Å². The molecule has 0 fully saturated rings. The van der Waals surface area contributed by atoms with Gasteiger partial charge in [0, 0.05) is 10.5 Å². The monoisotopic (exact) mass is 334 g/mol. The van der Waals surface area contributed by atoms with Crippen molar-refractivity contribution in [2.75, 3.05) is 7.11 Å². The van der Waals surface area contributed by atoms with Crippen LogP contribution in [0.15, 0.2) is 40.9 Å². The van der Waals surface area contributed by atoms with Crippen LogP contribution in [0.2, 0.25) is 0 Å². The first kappa shape index (κ1) is 14.6. The van der Waals surface area contributed by atoms with Crippen LogP contribution in [0.3, 0.4) is 0 Å². The lowest BCUT2D eigenvalue weighted by Gasteiger charge is -2.11. The smallest absolute Gasteiger partial charge is 0.153 e. The molecular weight excluding hydrogens is 320 g/mol. The second-order valence-electron chi connectivity index (χ2n) is 4.33. The summed E-state index contributed by atoms with van der Waals surface area (Å²) in [4.78, 5) is 10.8. The van der Waals surface area contributed by atoms with Crippen molar-refractivity contribution < 1.29 is 14.3 Å². The summed E-state index contributed by atoms with van der Waals surface area (Å²) in [5, 5.41) is 0. The fourth-order valence-electron chi connectivity index (χ4n) is 1.85. The van der Waals surface area contributed by atoms with E-state index in [1.807, 2.05) is 25.1 Å². The molecule has 0 N–H and O–H groups in total. The van der Waals surface area contributed by atoms with E-state index in [4.69, 9.17) is 9.47 Å². The molecule has 0 amide bonds. The minimum absolute atomic E-state index is 0.467. The van der Waals surface area contributed by atoms with Gasteiger partial charge >= 0.3 is 0 Å². The molecule has 2 aromatic rings. The normalized spacial score (nSPS) is 10.2. The molecule has 0 unspecified atom stereocenters. The van der Waals surface area contributed by atoms with E-state index in [0.29, 0.717) is 23.7 Å². The average Bonchev–Trinajstić information content (AvgIpc) is 2.48. The van der Waals surface area contributed by atoms with Crippen molar-refractivity contribution in [3.63, 3.8) is 0 Å². The quantitative estimate of drug-likeness (QED) is 0.770. The van der Waals surface area contributed by atoms with E-state index in [9.17, 15) is 4.79 Å². The van der Waals surface area contributed by atoms with Crippen LogP contribution in [-0.2, 0) is 6.61 Å². The molecule has 3 nitrogen and oxygen atoms in total. The highest BCUT2D eigenvalue weighted by Crippen LogP contribution is 2.25. The predicted molar refractivity (Wildman–Crippen MR) is 81.6 cm³/mol. The van der Waals surface area contributed by atoms with Gasteiger partial charge in [-0.1, -0.05) is 28.1 Å². The van der Waals surface area contributed by atoms with Crippen molar-refractivity contribution in [3.05, 3.63) is 57.6 Å². The molecule has 104 valence electrons. The summed E-state index contributed by atoms with van der Waals surface area (Å²) in [6, 6.07) is 11.2. The lowest BCUT2D eigenvalue weighted by Crippen LogP contribution is -1.99. The lowest BCUT2D eigenvalue weighted by atomic mass is 10.1. The number of carbonyl (C=O) groups excluding carboxylic acids is 1. The third-order valence-electron chi connectivity index (χ3n) is 3.11. The molecule has 0 spiro atoms. The number of halogens is 1. The summed E-state index contributed by atoms with van der Waals surface area (Å²) < 4.78 is 12.0. The molecule has 20 heavy (non-hydrogen) atoms. The second kappa shape index (κ2) is 6.57. The lowest BCUT2D eigenvalue weighted by molar-refractivity contribution is 0.112. The van der Waals surface area contributed by atoms with Crippen molar-refractivity contribution in [1.82, 2.24) is 0 Å². The molecule has 0 saturated carbocycles. The largest absolute Gasteiger partial charge is 0.496 e. The van der Waals surface area contributed by atoms with Crippen LogP contribution >= 0.6 is 15.9 Å². The molecule has 0 saturated heterocycles. The third kappa shape index (κ3) is 3.20. The first-order chi connectivity index (χ1) is 9.65. The van der Waals surface area contributed by atoms with Crippen molar-refractivity contribution in [2.45, 2.75) is 13.5 Å². The van der Waals surface area contributed by atoms with Gasteiger partial charge in [0.15, 0.2) is 6.29 Å². The Morgan fingerprint density at radius 2 is 2.05 bits per heavy atom. The van der Waals surface area contributed by atoms with Crippen LogP contribution in [0.4, 0.5) is 0 Å². The summed E-state index contributed by atoms with van der Waals surface area (Å²) in [6.45, 7) is 2.51. The Bertz CT molecular complexity index is 623. The van der Waals surface area contributed by atoms with Crippen molar-refractivity contribution in [1.29, 1.82) is 0 Å². The molecule has 0 aliphatic heterocycles. The Balaban J connectivity index is 2.15. The van der Waals surface area contributed by atoms with Gasteiger partial charge in [0.25, 0.3) is 0 Å².